The van der Waals surface area contributed by atoms with Crippen LogP contribution >= 0.6 is 11.3 Å². The second kappa shape index (κ2) is 9.02. The van der Waals surface area contributed by atoms with E-state index in [0.29, 0.717) is 18.0 Å². The number of aromatic nitrogens is 2. The summed E-state index contributed by atoms with van der Waals surface area (Å²) in [4.78, 5) is 16.7. The van der Waals surface area contributed by atoms with Crippen LogP contribution in [0.3, 0.4) is 0 Å². The minimum absolute atomic E-state index is 0.125. The zero-order chi connectivity index (χ0) is 21.8. The van der Waals surface area contributed by atoms with E-state index in [1.807, 2.05) is 79.2 Å². The third kappa shape index (κ3) is 4.16. The number of para-hydroxylation sites is 1. The average molecular weight is 431 g/mol. The average Bonchev–Trinajstić information content (AvgIpc) is 3.36. The molecule has 0 aliphatic rings. The number of nitriles is 1. The van der Waals surface area contributed by atoms with Crippen molar-refractivity contribution < 1.29 is 9.53 Å². The second-order valence-electron chi connectivity index (χ2n) is 6.95. The highest BCUT2D eigenvalue weighted by atomic mass is 32.1. The molecule has 2 aromatic carbocycles. The summed E-state index contributed by atoms with van der Waals surface area (Å²) in [5.41, 5.74) is 2.57. The lowest BCUT2D eigenvalue weighted by Crippen LogP contribution is -2.31. The van der Waals surface area contributed by atoms with Crippen molar-refractivity contribution in [2.75, 3.05) is 18.1 Å². The van der Waals surface area contributed by atoms with Crippen LogP contribution in [0.4, 0.5) is 5.69 Å². The predicted octanol–water partition coefficient (Wildman–Crippen LogP) is 5.35. The Morgan fingerprint density at radius 1 is 1.19 bits per heavy atom. The molecular weight excluding hydrogens is 408 g/mol. The Morgan fingerprint density at radius 3 is 2.61 bits per heavy atom. The standard InChI is InChI=1S/C24H22N4O2S/c1-3-30-20-12-10-18(11-13-20)27(15-7-14-25)23(29)22-16-21-17(2)26-28(24(21)31-22)19-8-5-4-6-9-19/h4-6,8-13,16H,3,7,15H2,1-2H3. The first-order valence-corrected chi connectivity index (χ1v) is 10.9. The molecule has 4 rings (SSSR count). The summed E-state index contributed by atoms with van der Waals surface area (Å²) in [6.07, 6.45) is 0.251. The minimum atomic E-state index is -0.125. The molecule has 0 N–H and O–H groups in total. The molecule has 0 spiro atoms. The van der Waals surface area contributed by atoms with Gasteiger partial charge in [-0.05, 0) is 56.3 Å². The van der Waals surface area contributed by atoms with E-state index in [1.54, 1.807) is 4.90 Å². The molecule has 156 valence electrons. The minimum Gasteiger partial charge on any atom is -0.494 e. The summed E-state index contributed by atoms with van der Waals surface area (Å²) in [5.74, 6) is 0.624. The fourth-order valence-electron chi connectivity index (χ4n) is 3.43. The molecule has 4 aromatic rings. The fourth-order valence-corrected chi connectivity index (χ4v) is 4.56. The molecule has 0 radical (unpaired) electrons. The lowest BCUT2D eigenvalue weighted by Gasteiger charge is -2.21. The number of nitrogens with zero attached hydrogens (tertiary/aromatic N) is 4. The van der Waals surface area contributed by atoms with Gasteiger partial charge in [-0.15, -0.1) is 11.3 Å². The number of aryl methyl sites for hydroxylation is 1. The monoisotopic (exact) mass is 430 g/mol. The Labute approximate surface area is 184 Å². The van der Waals surface area contributed by atoms with E-state index >= 15 is 0 Å². The SMILES string of the molecule is CCOc1ccc(N(CCC#N)C(=O)c2cc3c(C)nn(-c4ccccc4)c3s2)cc1. The number of amides is 1. The van der Waals surface area contributed by atoms with Gasteiger partial charge < -0.3 is 9.64 Å². The van der Waals surface area contributed by atoms with E-state index in [9.17, 15) is 4.79 Å². The lowest BCUT2D eigenvalue weighted by atomic mass is 10.2. The van der Waals surface area contributed by atoms with Gasteiger partial charge in [0.15, 0.2) is 0 Å². The zero-order valence-corrected chi connectivity index (χ0v) is 18.2. The van der Waals surface area contributed by atoms with Gasteiger partial charge in [-0.25, -0.2) is 4.68 Å². The van der Waals surface area contributed by atoms with Crippen molar-refractivity contribution in [1.29, 1.82) is 5.26 Å². The van der Waals surface area contributed by atoms with Crippen molar-refractivity contribution in [3.63, 3.8) is 0 Å². The van der Waals surface area contributed by atoms with E-state index < -0.39 is 0 Å². The van der Waals surface area contributed by atoms with Crippen LogP contribution in [0.15, 0.2) is 60.7 Å². The molecular formula is C24H22N4O2S. The molecule has 0 saturated carbocycles. The van der Waals surface area contributed by atoms with Crippen LogP contribution in [-0.2, 0) is 0 Å². The Hall–Kier alpha value is -3.63. The topological polar surface area (TPSA) is 71.2 Å². The number of fused-ring (bicyclic) bond motifs is 1. The number of carbonyl (C=O) groups excluding carboxylic acids is 1. The molecule has 0 atom stereocenters. The normalized spacial score (nSPS) is 10.7. The lowest BCUT2D eigenvalue weighted by molar-refractivity contribution is 0.0991. The van der Waals surface area contributed by atoms with Gasteiger partial charge in [0.25, 0.3) is 5.91 Å². The van der Waals surface area contributed by atoms with Crippen LogP contribution in [0.2, 0.25) is 0 Å². The van der Waals surface area contributed by atoms with Crippen LogP contribution in [-0.4, -0.2) is 28.8 Å². The zero-order valence-electron chi connectivity index (χ0n) is 17.4. The molecule has 0 unspecified atom stereocenters. The van der Waals surface area contributed by atoms with E-state index in [0.717, 1.165) is 33.0 Å². The number of hydrogen-bond acceptors (Lipinski definition) is 5. The highest BCUT2D eigenvalue weighted by Gasteiger charge is 2.22. The number of carbonyl (C=O) groups is 1. The van der Waals surface area contributed by atoms with Crippen LogP contribution in [0, 0.1) is 18.3 Å². The maximum Gasteiger partial charge on any atom is 0.268 e. The summed E-state index contributed by atoms with van der Waals surface area (Å²) in [6.45, 7) is 4.77. The molecule has 0 saturated heterocycles. The number of benzene rings is 2. The quantitative estimate of drug-likeness (QED) is 0.396. The third-order valence-electron chi connectivity index (χ3n) is 4.91. The summed E-state index contributed by atoms with van der Waals surface area (Å²) >= 11 is 1.42. The molecule has 2 aromatic heterocycles. The molecule has 6 nitrogen and oxygen atoms in total. The second-order valence-corrected chi connectivity index (χ2v) is 7.98. The third-order valence-corrected chi connectivity index (χ3v) is 6.01. The fraction of sp³-hybridized carbons (Fsp3) is 0.208. The summed E-state index contributed by atoms with van der Waals surface area (Å²) in [5, 5.41) is 14.7. The van der Waals surface area contributed by atoms with E-state index in [4.69, 9.17) is 10.00 Å². The van der Waals surface area contributed by atoms with Crippen molar-refractivity contribution in [2.45, 2.75) is 20.3 Å². The van der Waals surface area contributed by atoms with Gasteiger partial charge in [0.1, 0.15) is 10.6 Å². The van der Waals surface area contributed by atoms with Gasteiger partial charge in [-0.1, -0.05) is 18.2 Å². The van der Waals surface area contributed by atoms with Crippen molar-refractivity contribution in [3.05, 3.63) is 71.2 Å². The Kier molecular flexibility index (Phi) is 6.01. The van der Waals surface area contributed by atoms with E-state index in [-0.39, 0.29) is 12.3 Å². The number of anilines is 1. The number of thiophene rings is 1. The summed E-state index contributed by atoms with van der Waals surface area (Å²) in [7, 11) is 0. The first-order valence-electron chi connectivity index (χ1n) is 10.1. The number of hydrogen-bond donors (Lipinski definition) is 0. The van der Waals surface area contributed by atoms with Crippen LogP contribution in [0.25, 0.3) is 15.9 Å². The van der Waals surface area contributed by atoms with E-state index in [2.05, 4.69) is 11.2 Å². The Balaban J connectivity index is 1.70. The highest BCUT2D eigenvalue weighted by molar-refractivity contribution is 7.20. The number of ether oxygens (including phenoxy) is 1. The van der Waals surface area contributed by atoms with E-state index in [1.165, 1.54) is 11.3 Å². The predicted molar refractivity (Wildman–Crippen MR) is 123 cm³/mol. The van der Waals surface area contributed by atoms with Gasteiger partial charge in [0, 0.05) is 17.6 Å². The van der Waals surface area contributed by atoms with Gasteiger partial charge in [-0.2, -0.15) is 10.4 Å². The largest absolute Gasteiger partial charge is 0.494 e. The summed E-state index contributed by atoms with van der Waals surface area (Å²) < 4.78 is 7.38. The molecule has 0 aliphatic heterocycles. The molecule has 0 bridgehead atoms. The molecule has 1 amide bonds. The van der Waals surface area contributed by atoms with Gasteiger partial charge in [-0.3, -0.25) is 4.79 Å². The van der Waals surface area contributed by atoms with Gasteiger partial charge in [0.2, 0.25) is 0 Å². The van der Waals surface area contributed by atoms with Crippen LogP contribution in [0.1, 0.15) is 28.7 Å². The molecule has 7 heteroatoms. The first kappa shape index (κ1) is 20.6. The summed E-state index contributed by atoms with van der Waals surface area (Å²) in [6, 6.07) is 21.3. The molecule has 31 heavy (non-hydrogen) atoms. The van der Waals surface area contributed by atoms with Crippen LogP contribution in [0.5, 0.6) is 5.75 Å². The van der Waals surface area contributed by atoms with Crippen molar-refractivity contribution >= 4 is 33.1 Å². The molecule has 0 fully saturated rings. The Morgan fingerprint density at radius 2 is 1.94 bits per heavy atom. The Bertz CT molecular complexity index is 1240. The maximum absolute atomic E-state index is 13.5. The molecule has 0 aliphatic carbocycles. The van der Waals surface area contributed by atoms with Gasteiger partial charge in [0.05, 0.1) is 35.4 Å². The van der Waals surface area contributed by atoms with Crippen molar-refractivity contribution in [2.24, 2.45) is 0 Å². The number of rotatable bonds is 7. The van der Waals surface area contributed by atoms with Crippen molar-refractivity contribution in [1.82, 2.24) is 9.78 Å². The smallest absolute Gasteiger partial charge is 0.268 e. The first-order chi connectivity index (χ1) is 15.1. The van der Waals surface area contributed by atoms with Crippen LogP contribution < -0.4 is 9.64 Å². The van der Waals surface area contributed by atoms with Gasteiger partial charge >= 0.3 is 0 Å². The highest BCUT2D eigenvalue weighted by Crippen LogP contribution is 2.32. The maximum atomic E-state index is 13.5. The molecule has 2 heterocycles. The van der Waals surface area contributed by atoms with Crippen molar-refractivity contribution in [3.8, 4) is 17.5 Å².